The highest BCUT2D eigenvalue weighted by Crippen LogP contribution is 2.39. The van der Waals surface area contributed by atoms with E-state index in [0.29, 0.717) is 6.54 Å². The van der Waals surface area contributed by atoms with E-state index in [-0.39, 0.29) is 36.4 Å². The molecule has 1 aliphatic heterocycles. The van der Waals surface area contributed by atoms with Crippen molar-refractivity contribution in [2.24, 2.45) is 0 Å². The van der Waals surface area contributed by atoms with Crippen LogP contribution in [0, 0.1) is 5.82 Å². The maximum atomic E-state index is 14.0. The van der Waals surface area contributed by atoms with Gasteiger partial charge in [-0.25, -0.2) is 4.39 Å². The smallest absolute Gasteiger partial charge is 0.488 e. The monoisotopic (exact) mass is 399 g/mol. The second kappa shape index (κ2) is 7.59. The normalized spacial score (nSPS) is 18.0. The van der Waals surface area contributed by atoms with Crippen LogP contribution in [0.2, 0.25) is 0 Å². The Morgan fingerprint density at radius 1 is 1.35 bits per heavy atom. The van der Waals surface area contributed by atoms with Crippen LogP contribution in [0.15, 0.2) is 12.1 Å². The number of hydrogen-bond donors (Lipinski definition) is 0. The van der Waals surface area contributed by atoms with E-state index in [1.165, 1.54) is 0 Å². The minimum absolute atomic E-state index is 0.0178. The van der Waals surface area contributed by atoms with Gasteiger partial charge in [0.05, 0.1) is 0 Å². The van der Waals surface area contributed by atoms with Crippen LogP contribution in [0.25, 0.3) is 0 Å². The first-order chi connectivity index (χ1) is 12.0. The summed E-state index contributed by atoms with van der Waals surface area (Å²) in [5, 5.41) is 0. The van der Waals surface area contributed by atoms with E-state index in [9.17, 15) is 26.0 Å². The van der Waals surface area contributed by atoms with Crippen molar-refractivity contribution in [1.29, 1.82) is 0 Å². The third-order valence-corrected chi connectivity index (χ3v) is 5.09. The van der Waals surface area contributed by atoms with Gasteiger partial charge in [-0.1, -0.05) is 6.92 Å². The Bertz CT molecular complexity index is 749. The van der Waals surface area contributed by atoms with Crippen molar-refractivity contribution in [2.75, 3.05) is 13.2 Å². The average molecular weight is 399 g/mol. The second-order valence-electron chi connectivity index (χ2n) is 6.34. The summed E-state index contributed by atoms with van der Waals surface area (Å²) in [7, 11) is -5.85. The standard InChI is InChI=1S/C16H21F4NO4S/c1-4-7-21(10(2)3)11-8-12-14(25-26(22,23)16(18,19)20)6-5-13(17)15(12)24-9-11/h5-6,10-11H,4,7-9H2,1-3H3. The molecule has 1 aromatic rings. The molecule has 0 N–H and O–H groups in total. The second-order valence-corrected chi connectivity index (χ2v) is 7.87. The summed E-state index contributed by atoms with van der Waals surface area (Å²) in [6.07, 6.45) is 0.963. The summed E-state index contributed by atoms with van der Waals surface area (Å²) in [5.74, 6) is -1.61. The van der Waals surface area contributed by atoms with Gasteiger partial charge in [0.25, 0.3) is 0 Å². The summed E-state index contributed by atoms with van der Waals surface area (Å²) >= 11 is 0. The van der Waals surface area contributed by atoms with Gasteiger partial charge in [0.2, 0.25) is 0 Å². The Morgan fingerprint density at radius 3 is 2.54 bits per heavy atom. The quantitative estimate of drug-likeness (QED) is 0.417. The predicted molar refractivity (Wildman–Crippen MR) is 87.1 cm³/mol. The van der Waals surface area contributed by atoms with Crippen LogP contribution in [0.1, 0.15) is 32.8 Å². The Balaban J connectivity index is 2.39. The van der Waals surface area contributed by atoms with Crippen molar-refractivity contribution in [2.45, 2.75) is 51.2 Å². The first kappa shape index (κ1) is 20.8. The number of rotatable bonds is 6. The summed E-state index contributed by atoms with van der Waals surface area (Å²) < 4.78 is 84.1. The summed E-state index contributed by atoms with van der Waals surface area (Å²) in [6.45, 7) is 6.77. The molecule has 1 atom stereocenters. The average Bonchev–Trinajstić information content (AvgIpc) is 2.53. The van der Waals surface area contributed by atoms with Crippen molar-refractivity contribution in [1.82, 2.24) is 4.90 Å². The molecule has 0 aromatic heterocycles. The highest BCUT2D eigenvalue weighted by Gasteiger charge is 2.49. The highest BCUT2D eigenvalue weighted by molar-refractivity contribution is 7.88. The molecule has 0 radical (unpaired) electrons. The lowest BCUT2D eigenvalue weighted by atomic mass is 9.99. The van der Waals surface area contributed by atoms with Crippen LogP contribution in [-0.4, -0.2) is 44.1 Å². The number of alkyl halides is 3. The fraction of sp³-hybridized carbons (Fsp3) is 0.625. The van der Waals surface area contributed by atoms with E-state index < -0.39 is 27.2 Å². The molecule has 0 amide bonds. The molecule has 1 unspecified atom stereocenters. The molecule has 0 fully saturated rings. The first-order valence-electron chi connectivity index (χ1n) is 8.18. The molecule has 5 nitrogen and oxygen atoms in total. The number of halogens is 4. The van der Waals surface area contributed by atoms with Crippen LogP contribution >= 0.6 is 0 Å². The van der Waals surface area contributed by atoms with Crippen molar-refractivity contribution < 1.29 is 34.9 Å². The SMILES string of the molecule is CCCN(C(C)C)C1COc2c(F)ccc(OS(=O)(=O)C(F)(F)F)c2C1. The highest BCUT2D eigenvalue weighted by atomic mass is 32.2. The number of benzene rings is 1. The van der Waals surface area contributed by atoms with E-state index in [4.69, 9.17) is 4.74 Å². The van der Waals surface area contributed by atoms with Crippen molar-refractivity contribution in [3.8, 4) is 11.5 Å². The van der Waals surface area contributed by atoms with Crippen LogP contribution in [-0.2, 0) is 16.5 Å². The van der Waals surface area contributed by atoms with Crippen LogP contribution < -0.4 is 8.92 Å². The first-order valence-corrected chi connectivity index (χ1v) is 9.59. The molecule has 0 spiro atoms. The van der Waals surface area contributed by atoms with Gasteiger partial charge in [-0.15, -0.1) is 0 Å². The molecule has 0 aliphatic carbocycles. The van der Waals surface area contributed by atoms with Gasteiger partial charge in [0.15, 0.2) is 11.6 Å². The molecular weight excluding hydrogens is 378 g/mol. The Labute approximate surface area is 150 Å². The minimum Gasteiger partial charge on any atom is -0.488 e. The molecule has 0 bridgehead atoms. The fourth-order valence-electron chi connectivity index (χ4n) is 2.98. The van der Waals surface area contributed by atoms with Crippen LogP contribution in [0.3, 0.4) is 0 Å². The molecule has 0 saturated carbocycles. The number of fused-ring (bicyclic) bond motifs is 1. The van der Waals surface area contributed by atoms with E-state index in [1.54, 1.807) is 0 Å². The van der Waals surface area contributed by atoms with Crippen molar-refractivity contribution in [3.05, 3.63) is 23.5 Å². The largest absolute Gasteiger partial charge is 0.534 e. The molecule has 1 aliphatic rings. The van der Waals surface area contributed by atoms with E-state index >= 15 is 0 Å². The molecule has 26 heavy (non-hydrogen) atoms. The summed E-state index contributed by atoms with van der Waals surface area (Å²) in [6, 6.07) is 1.59. The molecule has 0 saturated heterocycles. The lowest BCUT2D eigenvalue weighted by Crippen LogP contribution is -2.47. The van der Waals surface area contributed by atoms with Gasteiger partial charge in [-0.2, -0.15) is 21.6 Å². The van der Waals surface area contributed by atoms with Gasteiger partial charge in [0, 0.05) is 17.6 Å². The lowest BCUT2D eigenvalue weighted by molar-refractivity contribution is -0.0500. The Hall–Kier alpha value is -1.55. The Kier molecular flexibility index (Phi) is 6.06. The number of hydrogen-bond acceptors (Lipinski definition) is 5. The third-order valence-electron chi connectivity index (χ3n) is 4.13. The van der Waals surface area contributed by atoms with Gasteiger partial charge < -0.3 is 8.92 Å². The Morgan fingerprint density at radius 2 is 2.00 bits per heavy atom. The lowest BCUT2D eigenvalue weighted by Gasteiger charge is -2.38. The van der Waals surface area contributed by atoms with E-state index in [1.807, 2.05) is 20.8 Å². The zero-order valence-corrected chi connectivity index (χ0v) is 15.5. The fourth-order valence-corrected chi connectivity index (χ4v) is 3.47. The minimum atomic E-state index is -5.85. The summed E-state index contributed by atoms with van der Waals surface area (Å²) in [5.41, 5.74) is -5.59. The molecule has 10 heteroatoms. The topological polar surface area (TPSA) is 55.8 Å². The zero-order chi connectivity index (χ0) is 19.7. The zero-order valence-electron chi connectivity index (χ0n) is 14.6. The predicted octanol–water partition coefficient (Wildman–Crippen LogP) is 3.48. The maximum Gasteiger partial charge on any atom is 0.534 e. The number of nitrogens with zero attached hydrogens (tertiary/aromatic N) is 1. The van der Waals surface area contributed by atoms with Gasteiger partial charge in [0.1, 0.15) is 12.4 Å². The molecular formula is C16H21F4NO4S. The van der Waals surface area contributed by atoms with Gasteiger partial charge in [-0.05, 0) is 45.4 Å². The van der Waals surface area contributed by atoms with Crippen molar-refractivity contribution in [3.63, 3.8) is 0 Å². The van der Waals surface area contributed by atoms with E-state index in [0.717, 1.165) is 18.6 Å². The van der Waals surface area contributed by atoms with Gasteiger partial charge >= 0.3 is 15.6 Å². The summed E-state index contributed by atoms with van der Waals surface area (Å²) in [4.78, 5) is 2.08. The van der Waals surface area contributed by atoms with Crippen molar-refractivity contribution >= 4 is 10.1 Å². The molecule has 2 rings (SSSR count). The number of ether oxygens (including phenoxy) is 1. The van der Waals surface area contributed by atoms with Crippen LogP contribution in [0.4, 0.5) is 17.6 Å². The molecule has 148 valence electrons. The third kappa shape index (κ3) is 4.22. The van der Waals surface area contributed by atoms with E-state index in [2.05, 4.69) is 9.08 Å². The van der Waals surface area contributed by atoms with Gasteiger partial charge in [-0.3, -0.25) is 4.90 Å². The maximum absolute atomic E-state index is 14.0. The van der Waals surface area contributed by atoms with Crippen LogP contribution in [0.5, 0.6) is 11.5 Å². The molecule has 1 heterocycles. The molecule has 1 aromatic carbocycles.